The van der Waals surface area contributed by atoms with Gasteiger partial charge in [-0.3, -0.25) is 4.79 Å². The highest BCUT2D eigenvalue weighted by molar-refractivity contribution is 5.97. The fourth-order valence-electron chi connectivity index (χ4n) is 2.84. The molecule has 25 heavy (non-hydrogen) atoms. The van der Waals surface area contributed by atoms with Crippen LogP contribution in [0.25, 0.3) is 0 Å². The molecule has 1 amide bonds. The van der Waals surface area contributed by atoms with Crippen LogP contribution in [0.1, 0.15) is 15.9 Å². The van der Waals surface area contributed by atoms with Crippen LogP contribution in [0.4, 0.5) is 11.4 Å². The van der Waals surface area contributed by atoms with Gasteiger partial charge in [-0.15, -0.1) is 0 Å². The molecule has 1 aliphatic heterocycles. The summed E-state index contributed by atoms with van der Waals surface area (Å²) in [7, 11) is 0. The second-order valence-electron chi connectivity index (χ2n) is 5.83. The van der Waals surface area contributed by atoms with E-state index in [1.807, 2.05) is 35.2 Å². The molecule has 1 fully saturated rings. The molecular formula is C19H19N2O4-. The van der Waals surface area contributed by atoms with Crippen LogP contribution in [0.15, 0.2) is 48.5 Å². The Labute approximate surface area is 146 Å². The Morgan fingerprint density at radius 1 is 1.08 bits per heavy atom. The van der Waals surface area contributed by atoms with Gasteiger partial charge in [0, 0.05) is 30.0 Å². The van der Waals surface area contributed by atoms with E-state index in [4.69, 9.17) is 4.74 Å². The normalized spacial score (nSPS) is 14.2. The van der Waals surface area contributed by atoms with E-state index >= 15 is 0 Å². The molecule has 2 aromatic carbocycles. The number of aromatic carboxylic acids is 1. The molecule has 1 saturated heterocycles. The summed E-state index contributed by atoms with van der Waals surface area (Å²) in [5, 5.41) is 14.3. The van der Waals surface area contributed by atoms with Crippen LogP contribution >= 0.6 is 0 Å². The highest BCUT2D eigenvalue weighted by atomic mass is 16.5. The van der Waals surface area contributed by atoms with Crippen molar-refractivity contribution >= 4 is 23.3 Å². The van der Waals surface area contributed by atoms with E-state index < -0.39 is 5.97 Å². The fraction of sp³-hybridized carbons (Fsp3) is 0.263. The molecule has 0 aliphatic carbocycles. The van der Waals surface area contributed by atoms with Crippen molar-refractivity contribution in [3.05, 3.63) is 59.7 Å². The third-order valence-electron chi connectivity index (χ3n) is 4.06. The topological polar surface area (TPSA) is 81.7 Å². The predicted octanol–water partition coefficient (Wildman–Crippen LogP) is 1.07. The molecule has 0 unspecified atom stereocenters. The molecule has 0 radical (unpaired) electrons. The number of carbonyl (C=O) groups is 2. The summed E-state index contributed by atoms with van der Waals surface area (Å²) in [5.74, 6) is -1.46. The van der Waals surface area contributed by atoms with Crippen molar-refractivity contribution in [3.63, 3.8) is 0 Å². The Bertz CT molecular complexity index is 755. The van der Waals surface area contributed by atoms with Gasteiger partial charge >= 0.3 is 0 Å². The molecule has 6 heteroatoms. The van der Waals surface area contributed by atoms with Gasteiger partial charge in [0.1, 0.15) is 0 Å². The number of nitrogens with one attached hydrogen (secondary N) is 1. The summed E-state index contributed by atoms with van der Waals surface area (Å²) in [6.45, 7) is 2.37. The zero-order valence-corrected chi connectivity index (χ0v) is 13.7. The molecule has 2 aromatic rings. The van der Waals surface area contributed by atoms with Gasteiger partial charge in [0.15, 0.2) is 0 Å². The lowest BCUT2D eigenvalue weighted by Gasteiger charge is -2.31. The number of amides is 1. The number of carbonyl (C=O) groups excluding carboxylic acids is 2. The first kappa shape index (κ1) is 17.0. The van der Waals surface area contributed by atoms with E-state index in [0.717, 1.165) is 5.56 Å². The molecule has 0 spiro atoms. The minimum atomic E-state index is -1.26. The fourth-order valence-corrected chi connectivity index (χ4v) is 2.84. The molecule has 0 atom stereocenters. The molecule has 1 N–H and O–H groups in total. The smallest absolute Gasteiger partial charge is 0.228 e. The quantitative estimate of drug-likeness (QED) is 0.881. The van der Waals surface area contributed by atoms with Gasteiger partial charge in [0.25, 0.3) is 0 Å². The van der Waals surface area contributed by atoms with Gasteiger partial charge < -0.3 is 24.9 Å². The van der Waals surface area contributed by atoms with Crippen molar-refractivity contribution in [2.75, 3.05) is 36.5 Å². The lowest BCUT2D eigenvalue weighted by atomic mass is 10.1. The van der Waals surface area contributed by atoms with E-state index in [0.29, 0.717) is 37.7 Å². The highest BCUT2D eigenvalue weighted by Gasteiger charge is 2.16. The van der Waals surface area contributed by atoms with Crippen molar-refractivity contribution in [2.45, 2.75) is 6.42 Å². The second-order valence-corrected chi connectivity index (χ2v) is 5.83. The Morgan fingerprint density at radius 3 is 2.48 bits per heavy atom. The van der Waals surface area contributed by atoms with Crippen molar-refractivity contribution in [2.24, 2.45) is 0 Å². The van der Waals surface area contributed by atoms with Crippen LogP contribution in [-0.4, -0.2) is 38.2 Å². The third kappa shape index (κ3) is 4.36. The molecule has 0 saturated carbocycles. The molecule has 1 aliphatic rings. The summed E-state index contributed by atoms with van der Waals surface area (Å²) in [4.78, 5) is 25.6. The van der Waals surface area contributed by atoms with Crippen LogP contribution in [0.5, 0.6) is 0 Å². The molecular weight excluding hydrogens is 320 g/mol. The first-order valence-electron chi connectivity index (χ1n) is 8.15. The number of morpholine rings is 1. The van der Waals surface area contributed by atoms with Crippen LogP contribution in [0, 0.1) is 0 Å². The van der Waals surface area contributed by atoms with Crippen LogP contribution in [0.2, 0.25) is 0 Å². The van der Waals surface area contributed by atoms with Gasteiger partial charge in [-0.25, -0.2) is 0 Å². The Kier molecular flexibility index (Phi) is 5.30. The van der Waals surface area contributed by atoms with E-state index in [9.17, 15) is 14.7 Å². The van der Waals surface area contributed by atoms with Crippen LogP contribution in [-0.2, 0) is 16.0 Å². The average molecular weight is 339 g/mol. The number of ether oxygens (including phenoxy) is 1. The minimum absolute atomic E-state index is 0.0689. The first-order valence-corrected chi connectivity index (χ1v) is 8.15. The zero-order chi connectivity index (χ0) is 17.6. The highest BCUT2D eigenvalue weighted by Crippen LogP contribution is 2.25. The van der Waals surface area contributed by atoms with Crippen molar-refractivity contribution in [1.29, 1.82) is 0 Å². The van der Waals surface area contributed by atoms with Gasteiger partial charge in [-0.2, -0.15) is 0 Å². The van der Waals surface area contributed by atoms with Crippen molar-refractivity contribution < 1.29 is 19.4 Å². The Morgan fingerprint density at radius 2 is 1.80 bits per heavy atom. The van der Waals surface area contributed by atoms with Gasteiger partial charge in [0.05, 0.1) is 25.6 Å². The standard InChI is InChI=1S/C19H20N2O4/c22-18(12-14-4-2-1-3-5-14)20-15-6-7-17(16(13-15)19(23)24)21-8-10-25-11-9-21/h1-7,13H,8-12H2,(H,20,22)(H,23,24)/p-1. The molecule has 0 aromatic heterocycles. The van der Waals surface area contributed by atoms with Crippen LogP contribution in [0.3, 0.4) is 0 Å². The number of anilines is 2. The molecule has 130 valence electrons. The summed E-state index contributed by atoms with van der Waals surface area (Å²) in [5.41, 5.74) is 1.99. The number of carboxylic acid groups (broad SMARTS) is 1. The van der Waals surface area contributed by atoms with Gasteiger partial charge in [-0.1, -0.05) is 30.3 Å². The summed E-state index contributed by atoms with van der Waals surface area (Å²) < 4.78 is 5.29. The number of nitrogens with zero attached hydrogens (tertiary/aromatic N) is 1. The molecule has 6 nitrogen and oxygen atoms in total. The van der Waals surface area contributed by atoms with Crippen molar-refractivity contribution in [3.8, 4) is 0 Å². The van der Waals surface area contributed by atoms with E-state index in [1.165, 1.54) is 6.07 Å². The predicted molar refractivity (Wildman–Crippen MR) is 92.6 cm³/mol. The third-order valence-corrected chi connectivity index (χ3v) is 4.06. The Balaban J connectivity index is 1.74. The van der Waals surface area contributed by atoms with Gasteiger partial charge in [0.2, 0.25) is 5.91 Å². The lowest BCUT2D eigenvalue weighted by Crippen LogP contribution is -2.38. The van der Waals surface area contributed by atoms with Crippen molar-refractivity contribution in [1.82, 2.24) is 0 Å². The summed E-state index contributed by atoms with van der Waals surface area (Å²) in [6.07, 6.45) is 0.229. The largest absolute Gasteiger partial charge is 0.545 e. The number of benzene rings is 2. The van der Waals surface area contributed by atoms with Gasteiger partial charge in [-0.05, 0) is 23.8 Å². The lowest BCUT2D eigenvalue weighted by molar-refractivity contribution is -0.254. The van der Waals surface area contributed by atoms with E-state index in [-0.39, 0.29) is 17.9 Å². The number of hydrogen-bond acceptors (Lipinski definition) is 5. The maximum absolute atomic E-state index is 12.1. The number of hydrogen-bond donors (Lipinski definition) is 1. The summed E-state index contributed by atoms with van der Waals surface area (Å²) in [6, 6.07) is 14.2. The first-order chi connectivity index (χ1) is 12.1. The molecule has 1 heterocycles. The summed E-state index contributed by atoms with van der Waals surface area (Å²) >= 11 is 0. The van der Waals surface area contributed by atoms with Crippen LogP contribution < -0.4 is 15.3 Å². The zero-order valence-electron chi connectivity index (χ0n) is 13.7. The molecule has 0 bridgehead atoms. The number of carboxylic acids is 1. The Hall–Kier alpha value is -2.86. The van der Waals surface area contributed by atoms with E-state index in [1.54, 1.807) is 12.1 Å². The monoisotopic (exact) mass is 339 g/mol. The minimum Gasteiger partial charge on any atom is -0.545 e. The maximum Gasteiger partial charge on any atom is 0.228 e. The maximum atomic E-state index is 12.1. The SMILES string of the molecule is O=C(Cc1ccccc1)Nc1ccc(N2CCOCC2)c(C(=O)[O-])c1. The average Bonchev–Trinajstić information content (AvgIpc) is 2.63. The van der Waals surface area contributed by atoms with E-state index in [2.05, 4.69) is 5.32 Å². The second kappa shape index (κ2) is 7.81. The number of rotatable bonds is 5. The molecule has 3 rings (SSSR count).